The van der Waals surface area contributed by atoms with Gasteiger partial charge in [-0.1, -0.05) is 50.6 Å². The summed E-state index contributed by atoms with van der Waals surface area (Å²) in [6.45, 7) is 4.90. The van der Waals surface area contributed by atoms with Gasteiger partial charge in [0.2, 0.25) is 0 Å². The molecule has 5 nitrogen and oxygen atoms in total. The fourth-order valence-electron chi connectivity index (χ4n) is 3.49. The van der Waals surface area contributed by atoms with Gasteiger partial charge in [0.25, 0.3) is 5.91 Å². The van der Waals surface area contributed by atoms with E-state index >= 15 is 0 Å². The molecule has 3 aromatic carbocycles. The van der Waals surface area contributed by atoms with E-state index in [4.69, 9.17) is 9.47 Å². The van der Waals surface area contributed by atoms with Crippen molar-refractivity contribution in [2.24, 2.45) is 5.92 Å². The second-order valence-electron chi connectivity index (χ2n) is 7.77. The van der Waals surface area contributed by atoms with Gasteiger partial charge in [0.15, 0.2) is 0 Å². The second kappa shape index (κ2) is 10.1. The van der Waals surface area contributed by atoms with Gasteiger partial charge in [-0.2, -0.15) is 0 Å². The van der Waals surface area contributed by atoms with Crippen LogP contribution < -0.4 is 10.1 Å². The van der Waals surface area contributed by atoms with E-state index < -0.39 is 5.97 Å². The van der Waals surface area contributed by atoms with Gasteiger partial charge in [-0.15, -0.1) is 0 Å². The number of hydrogen-bond donors (Lipinski definition) is 1. The Hall–Kier alpha value is -3.34. The molecule has 3 aromatic rings. The van der Waals surface area contributed by atoms with Gasteiger partial charge in [0.1, 0.15) is 5.75 Å². The second-order valence-corrected chi connectivity index (χ2v) is 7.77. The Labute approximate surface area is 183 Å². The molecular formula is C26H29NO4. The van der Waals surface area contributed by atoms with Crippen molar-refractivity contribution in [1.29, 1.82) is 0 Å². The Kier molecular flexibility index (Phi) is 7.29. The molecule has 1 unspecified atom stereocenters. The zero-order valence-electron chi connectivity index (χ0n) is 18.5. The summed E-state index contributed by atoms with van der Waals surface area (Å²) in [7, 11) is 2.94. The molecule has 3 rings (SSSR count). The van der Waals surface area contributed by atoms with Crippen molar-refractivity contribution in [3.05, 3.63) is 76.9 Å². The first-order chi connectivity index (χ1) is 15.0. The molecular weight excluding hydrogens is 390 g/mol. The van der Waals surface area contributed by atoms with Gasteiger partial charge < -0.3 is 14.8 Å². The first kappa shape index (κ1) is 22.3. The number of carbonyl (C=O) groups excluding carboxylic acids is 2. The fraction of sp³-hybridized carbons (Fsp3) is 0.308. The zero-order valence-corrected chi connectivity index (χ0v) is 18.5. The smallest absolute Gasteiger partial charge is 0.337 e. The van der Waals surface area contributed by atoms with Crippen LogP contribution in [0.25, 0.3) is 10.8 Å². The number of rotatable bonds is 8. The van der Waals surface area contributed by atoms with Crippen molar-refractivity contribution in [3.8, 4) is 5.75 Å². The molecule has 0 spiro atoms. The summed E-state index contributed by atoms with van der Waals surface area (Å²) < 4.78 is 10.3. The highest BCUT2D eigenvalue weighted by atomic mass is 16.5. The number of nitrogens with one attached hydrogen (secondary N) is 1. The molecule has 1 amide bonds. The van der Waals surface area contributed by atoms with Crippen molar-refractivity contribution in [2.75, 3.05) is 20.8 Å². The molecule has 0 aliphatic heterocycles. The Morgan fingerprint density at radius 1 is 0.968 bits per heavy atom. The molecule has 0 aliphatic carbocycles. The molecule has 5 heteroatoms. The van der Waals surface area contributed by atoms with Crippen LogP contribution in [0.2, 0.25) is 0 Å². The number of esters is 1. The molecule has 31 heavy (non-hydrogen) atoms. The molecule has 162 valence electrons. The van der Waals surface area contributed by atoms with Gasteiger partial charge in [0.05, 0.1) is 19.8 Å². The van der Waals surface area contributed by atoms with Crippen molar-refractivity contribution < 1.29 is 19.1 Å². The van der Waals surface area contributed by atoms with Crippen molar-refractivity contribution >= 4 is 22.6 Å². The van der Waals surface area contributed by atoms with E-state index in [2.05, 4.69) is 25.2 Å². The fourth-order valence-corrected chi connectivity index (χ4v) is 3.49. The molecule has 1 N–H and O–H groups in total. The largest absolute Gasteiger partial charge is 0.496 e. The third-order valence-electron chi connectivity index (χ3n) is 5.63. The van der Waals surface area contributed by atoms with E-state index in [1.807, 2.05) is 36.4 Å². The van der Waals surface area contributed by atoms with Crippen LogP contribution in [0, 0.1) is 5.92 Å². The Morgan fingerprint density at radius 2 is 1.74 bits per heavy atom. The topological polar surface area (TPSA) is 64.6 Å². The van der Waals surface area contributed by atoms with Crippen molar-refractivity contribution in [2.45, 2.75) is 26.7 Å². The van der Waals surface area contributed by atoms with Crippen LogP contribution in [-0.4, -0.2) is 32.6 Å². The molecule has 1 atom stereocenters. The van der Waals surface area contributed by atoms with Gasteiger partial charge in [-0.05, 0) is 52.1 Å². The summed E-state index contributed by atoms with van der Waals surface area (Å²) in [5.41, 5.74) is 3.13. The molecule has 0 saturated carbocycles. The van der Waals surface area contributed by atoms with Gasteiger partial charge >= 0.3 is 5.97 Å². The van der Waals surface area contributed by atoms with Gasteiger partial charge in [-0.3, -0.25) is 4.79 Å². The molecule has 0 saturated heterocycles. The summed E-state index contributed by atoms with van der Waals surface area (Å²) in [5, 5.41) is 5.12. The standard InChI is InChI=1S/C26H29NO4/c1-5-17(2)16-27-25(28)21-11-9-18-7-6-8-19(23(18)14-21)13-20-10-12-22(26(29)31-4)15-24(20)30-3/h6-12,14-15,17H,5,13,16H2,1-4H3,(H,27,28). The minimum Gasteiger partial charge on any atom is -0.496 e. The van der Waals surface area contributed by atoms with Crippen LogP contribution >= 0.6 is 0 Å². The first-order valence-corrected chi connectivity index (χ1v) is 10.5. The summed E-state index contributed by atoms with van der Waals surface area (Å²) in [6.07, 6.45) is 1.64. The highest BCUT2D eigenvalue weighted by molar-refractivity contribution is 5.99. The molecule has 0 radical (unpaired) electrons. The van der Waals surface area contributed by atoms with E-state index in [1.54, 1.807) is 19.2 Å². The maximum absolute atomic E-state index is 12.6. The van der Waals surface area contributed by atoms with Crippen LogP contribution in [0.1, 0.15) is 52.1 Å². The number of benzene rings is 3. The predicted octanol–water partition coefficient (Wildman–Crippen LogP) is 5.00. The third-order valence-corrected chi connectivity index (χ3v) is 5.63. The minimum absolute atomic E-state index is 0.0583. The number of carbonyl (C=O) groups is 2. The van der Waals surface area contributed by atoms with Crippen molar-refractivity contribution in [3.63, 3.8) is 0 Å². The number of hydrogen-bond acceptors (Lipinski definition) is 4. The highest BCUT2D eigenvalue weighted by Gasteiger charge is 2.13. The number of ether oxygens (including phenoxy) is 2. The number of amides is 1. The lowest BCUT2D eigenvalue weighted by Gasteiger charge is -2.13. The van der Waals surface area contributed by atoms with Crippen LogP contribution in [0.15, 0.2) is 54.6 Å². The monoisotopic (exact) mass is 419 g/mol. The quantitative estimate of drug-likeness (QED) is 0.522. The van der Waals surface area contributed by atoms with E-state index in [1.165, 1.54) is 7.11 Å². The van der Waals surface area contributed by atoms with Crippen LogP contribution in [0.5, 0.6) is 5.75 Å². The van der Waals surface area contributed by atoms with Gasteiger partial charge in [-0.25, -0.2) is 4.79 Å². The summed E-state index contributed by atoms with van der Waals surface area (Å²) in [5.74, 6) is 0.614. The normalized spacial score (nSPS) is 11.7. The summed E-state index contributed by atoms with van der Waals surface area (Å²) >= 11 is 0. The third kappa shape index (κ3) is 5.23. The summed E-state index contributed by atoms with van der Waals surface area (Å²) in [6, 6.07) is 17.2. The number of fused-ring (bicyclic) bond motifs is 1. The maximum Gasteiger partial charge on any atom is 0.337 e. The van der Waals surface area contributed by atoms with Crippen molar-refractivity contribution in [1.82, 2.24) is 5.32 Å². The molecule has 0 heterocycles. The van der Waals surface area contributed by atoms with E-state index in [-0.39, 0.29) is 5.91 Å². The SMILES string of the molecule is CCC(C)CNC(=O)c1ccc2cccc(Cc3ccc(C(=O)OC)cc3OC)c2c1. The van der Waals surface area contributed by atoms with Crippen LogP contribution in [0.3, 0.4) is 0 Å². The van der Waals surface area contributed by atoms with Gasteiger partial charge in [0, 0.05) is 18.5 Å². The van der Waals surface area contributed by atoms with E-state index in [0.717, 1.165) is 28.3 Å². The molecule has 0 aliphatic rings. The van der Waals surface area contributed by atoms with Crippen LogP contribution in [0.4, 0.5) is 0 Å². The number of methoxy groups -OCH3 is 2. The predicted molar refractivity (Wildman–Crippen MR) is 123 cm³/mol. The lowest BCUT2D eigenvalue weighted by molar-refractivity contribution is 0.0600. The minimum atomic E-state index is -0.400. The zero-order chi connectivity index (χ0) is 22.4. The Bertz CT molecular complexity index is 1090. The molecule has 0 aromatic heterocycles. The van der Waals surface area contributed by atoms with E-state index in [0.29, 0.717) is 35.8 Å². The molecule has 0 bridgehead atoms. The summed E-state index contributed by atoms with van der Waals surface area (Å²) in [4.78, 5) is 24.5. The lowest BCUT2D eigenvalue weighted by Crippen LogP contribution is -2.28. The van der Waals surface area contributed by atoms with Crippen LogP contribution in [-0.2, 0) is 11.2 Å². The average Bonchev–Trinajstić information content (AvgIpc) is 2.81. The Morgan fingerprint density at radius 3 is 2.45 bits per heavy atom. The maximum atomic E-state index is 12.6. The first-order valence-electron chi connectivity index (χ1n) is 10.5. The average molecular weight is 420 g/mol. The Balaban J connectivity index is 1.92. The molecule has 0 fully saturated rings. The lowest BCUT2D eigenvalue weighted by atomic mass is 9.95. The van der Waals surface area contributed by atoms with E-state index in [9.17, 15) is 9.59 Å². The highest BCUT2D eigenvalue weighted by Crippen LogP contribution is 2.28.